The van der Waals surface area contributed by atoms with Gasteiger partial charge in [0.05, 0.1) is 10.6 Å². The molecule has 258 valence electrons. The van der Waals surface area contributed by atoms with E-state index in [2.05, 4.69) is 0 Å². The number of hydrogen-bond acceptors (Lipinski definition) is 3. The van der Waals surface area contributed by atoms with Crippen molar-refractivity contribution in [2.45, 2.75) is 33.2 Å². The van der Waals surface area contributed by atoms with Gasteiger partial charge in [0.1, 0.15) is 17.4 Å². The summed E-state index contributed by atoms with van der Waals surface area (Å²) in [6, 6.07) is 13.1. The summed E-state index contributed by atoms with van der Waals surface area (Å²) in [6.07, 6.45) is 14.0. The van der Waals surface area contributed by atoms with Gasteiger partial charge in [-0.05, 0) is 85.5 Å². The second-order valence-corrected chi connectivity index (χ2v) is 12.6. The van der Waals surface area contributed by atoms with Gasteiger partial charge in [-0.2, -0.15) is 0 Å². The summed E-state index contributed by atoms with van der Waals surface area (Å²) in [5.74, 6) is -2.11. The molecule has 1 N–H and O–H groups in total. The lowest BCUT2D eigenvalue weighted by molar-refractivity contribution is 0.0745. The first kappa shape index (κ1) is 39.6. The Kier molecular flexibility index (Phi) is 16.1. The number of nitrogens with zero attached hydrogens (tertiary/aromatic N) is 2. The van der Waals surface area contributed by atoms with Crippen molar-refractivity contribution in [3.63, 3.8) is 0 Å². The predicted molar refractivity (Wildman–Crippen MR) is 197 cm³/mol. The number of aromatic hydroxyl groups is 1. The van der Waals surface area contributed by atoms with E-state index in [0.717, 1.165) is 11.1 Å². The Morgan fingerprint density at radius 3 is 2.20 bits per heavy atom. The molecule has 0 heterocycles. The molecular weight excluding hydrogens is 712 g/mol. The van der Waals surface area contributed by atoms with Gasteiger partial charge in [-0.1, -0.05) is 102 Å². The van der Waals surface area contributed by atoms with Crippen molar-refractivity contribution in [2.24, 2.45) is 0 Å². The SMILES string of the molecule is C/C=C\C(=C/CCN(Cc1ccc(F)cc1)C(=O)c1cc(Cl)cc(Cl)c1)CN(C/C=C/C=C(F)\C=C/CC)C(=O)c1cc(Cl)cc(Cl)c1O. The van der Waals surface area contributed by atoms with Gasteiger partial charge in [0.15, 0.2) is 0 Å². The minimum atomic E-state index is -0.553. The van der Waals surface area contributed by atoms with Crippen LogP contribution >= 0.6 is 46.4 Å². The van der Waals surface area contributed by atoms with Crippen LogP contribution in [0.5, 0.6) is 5.75 Å². The molecule has 0 unspecified atom stereocenters. The van der Waals surface area contributed by atoms with Crippen molar-refractivity contribution in [3.05, 3.63) is 157 Å². The molecule has 0 aromatic heterocycles. The van der Waals surface area contributed by atoms with Crippen molar-refractivity contribution < 1.29 is 23.5 Å². The highest BCUT2D eigenvalue weighted by atomic mass is 35.5. The fourth-order valence-corrected chi connectivity index (χ4v) is 5.72. The van der Waals surface area contributed by atoms with Crippen LogP contribution in [0.4, 0.5) is 8.78 Å². The number of allylic oxidation sites excluding steroid dienone is 6. The standard InChI is InChI=1S/C38H36Cl4F2N2O3/c1-3-5-11-32(43)12-6-7-17-46(38(49)34-22-31(41)23-35(42)36(34)47)24-26(9-4-2)10-8-18-45(25-27-13-15-33(44)16-14-27)37(48)28-19-29(39)21-30(40)20-28/h4-7,9-16,19-23,47H,3,8,17-18,24-25H2,1-2H3/b7-6+,9-4-,11-5-,26-10+,32-12+. The van der Waals surface area contributed by atoms with Crippen LogP contribution in [0.3, 0.4) is 0 Å². The van der Waals surface area contributed by atoms with E-state index in [1.54, 1.807) is 29.2 Å². The zero-order valence-corrected chi connectivity index (χ0v) is 30.0. The average Bonchev–Trinajstić information content (AvgIpc) is 3.06. The van der Waals surface area contributed by atoms with Crippen LogP contribution in [0.1, 0.15) is 53.0 Å². The van der Waals surface area contributed by atoms with E-state index >= 15 is 0 Å². The number of amides is 2. The number of halogens is 6. The van der Waals surface area contributed by atoms with Gasteiger partial charge in [-0.25, -0.2) is 8.78 Å². The Morgan fingerprint density at radius 1 is 0.878 bits per heavy atom. The third-order valence-electron chi connectivity index (χ3n) is 7.02. The van der Waals surface area contributed by atoms with Crippen molar-refractivity contribution >= 4 is 58.2 Å². The average molecular weight is 749 g/mol. The number of benzene rings is 3. The van der Waals surface area contributed by atoms with Crippen LogP contribution in [0, 0.1) is 5.82 Å². The second kappa shape index (κ2) is 20.0. The lowest BCUT2D eigenvalue weighted by Gasteiger charge is -2.24. The summed E-state index contributed by atoms with van der Waals surface area (Å²) in [4.78, 5) is 30.4. The van der Waals surface area contributed by atoms with Crippen LogP contribution in [-0.2, 0) is 6.54 Å². The molecular formula is C38H36Cl4F2N2O3. The minimum Gasteiger partial charge on any atom is -0.506 e. The maximum absolute atomic E-state index is 14.1. The van der Waals surface area contributed by atoms with Gasteiger partial charge in [0, 0.05) is 46.8 Å². The van der Waals surface area contributed by atoms with E-state index < -0.39 is 17.5 Å². The van der Waals surface area contributed by atoms with Gasteiger partial charge in [-0.15, -0.1) is 0 Å². The lowest BCUT2D eigenvalue weighted by Crippen LogP contribution is -2.33. The van der Waals surface area contributed by atoms with E-state index in [-0.39, 0.29) is 53.5 Å². The van der Waals surface area contributed by atoms with Crippen molar-refractivity contribution in [3.8, 4) is 5.75 Å². The zero-order valence-electron chi connectivity index (χ0n) is 27.0. The molecule has 0 radical (unpaired) electrons. The molecule has 3 rings (SSSR count). The Balaban J connectivity index is 1.91. The number of phenols is 1. The van der Waals surface area contributed by atoms with E-state index in [4.69, 9.17) is 46.4 Å². The Labute approximate surface area is 306 Å². The van der Waals surface area contributed by atoms with Crippen LogP contribution in [-0.4, -0.2) is 46.4 Å². The van der Waals surface area contributed by atoms with E-state index in [1.165, 1.54) is 65.6 Å². The molecule has 0 fully saturated rings. The highest BCUT2D eigenvalue weighted by Gasteiger charge is 2.22. The van der Waals surface area contributed by atoms with Crippen molar-refractivity contribution in [1.82, 2.24) is 9.80 Å². The molecule has 3 aromatic rings. The smallest absolute Gasteiger partial charge is 0.258 e. The summed E-state index contributed by atoms with van der Waals surface area (Å²) < 4.78 is 27.7. The number of carbonyl (C=O) groups is 2. The van der Waals surface area contributed by atoms with Gasteiger partial charge >= 0.3 is 0 Å². The summed E-state index contributed by atoms with van der Waals surface area (Å²) >= 11 is 24.6. The normalized spacial score (nSPS) is 12.4. The molecule has 0 atom stereocenters. The third kappa shape index (κ3) is 12.8. The molecule has 0 saturated carbocycles. The van der Waals surface area contributed by atoms with E-state index in [0.29, 0.717) is 28.5 Å². The molecule has 49 heavy (non-hydrogen) atoms. The molecule has 3 aromatic carbocycles. The maximum Gasteiger partial charge on any atom is 0.258 e. The van der Waals surface area contributed by atoms with Crippen molar-refractivity contribution in [1.29, 1.82) is 0 Å². The van der Waals surface area contributed by atoms with Gasteiger partial charge in [0.2, 0.25) is 0 Å². The van der Waals surface area contributed by atoms with Crippen LogP contribution in [0.25, 0.3) is 0 Å². The molecule has 0 aliphatic heterocycles. The van der Waals surface area contributed by atoms with Gasteiger partial charge in [-0.3, -0.25) is 9.59 Å². The van der Waals surface area contributed by atoms with Crippen molar-refractivity contribution in [2.75, 3.05) is 19.6 Å². The molecule has 2 amide bonds. The number of hydrogen-bond donors (Lipinski definition) is 1. The molecule has 0 bridgehead atoms. The molecule has 0 spiro atoms. The number of carbonyl (C=O) groups excluding carboxylic acids is 2. The summed E-state index contributed by atoms with van der Waals surface area (Å²) in [5, 5.41) is 11.3. The highest BCUT2D eigenvalue weighted by Crippen LogP contribution is 2.32. The predicted octanol–water partition coefficient (Wildman–Crippen LogP) is 11.2. The number of phenolic OH excluding ortho intramolecular Hbond substituents is 1. The number of rotatable bonds is 15. The summed E-state index contributed by atoms with van der Waals surface area (Å²) in [5.41, 5.74) is 1.66. The lowest BCUT2D eigenvalue weighted by atomic mass is 10.1. The van der Waals surface area contributed by atoms with E-state index in [1.807, 2.05) is 32.1 Å². The second-order valence-electron chi connectivity index (χ2n) is 10.8. The monoisotopic (exact) mass is 746 g/mol. The molecule has 0 aliphatic carbocycles. The highest BCUT2D eigenvalue weighted by molar-refractivity contribution is 6.36. The van der Waals surface area contributed by atoms with Crippen LogP contribution < -0.4 is 0 Å². The molecule has 0 aliphatic rings. The summed E-state index contributed by atoms with van der Waals surface area (Å²) in [7, 11) is 0. The third-order valence-corrected chi connectivity index (χ3v) is 7.96. The first-order chi connectivity index (χ1) is 23.4. The molecule has 5 nitrogen and oxygen atoms in total. The van der Waals surface area contributed by atoms with Gasteiger partial charge < -0.3 is 14.9 Å². The zero-order chi connectivity index (χ0) is 35.9. The quantitative estimate of drug-likeness (QED) is 0.157. The largest absolute Gasteiger partial charge is 0.506 e. The summed E-state index contributed by atoms with van der Waals surface area (Å²) in [6.45, 7) is 4.32. The Morgan fingerprint density at radius 2 is 1.55 bits per heavy atom. The Bertz CT molecular complexity index is 1750. The molecule has 11 heteroatoms. The van der Waals surface area contributed by atoms with Gasteiger partial charge in [0.25, 0.3) is 11.8 Å². The first-order valence-corrected chi connectivity index (χ1v) is 16.9. The fourth-order valence-electron chi connectivity index (χ4n) is 4.70. The minimum absolute atomic E-state index is 0.0588. The first-order valence-electron chi connectivity index (χ1n) is 15.4. The van der Waals surface area contributed by atoms with Crippen LogP contribution in [0.2, 0.25) is 20.1 Å². The molecule has 0 saturated heterocycles. The Hall–Kier alpha value is -3.88. The van der Waals surface area contributed by atoms with Crippen LogP contribution in [0.15, 0.2) is 115 Å². The maximum atomic E-state index is 14.1. The van der Waals surface area contributed by atoms with E-state index in [9.17, 15) is 23.5 Å². The topological polar surface area (TPSA) is 60.9 Å². The fraction of sp³-hybridized carbons (Fsp3) is 0.211.